The van der Waals surface area contributed by atoms with Crippen molar-refractivity contribution in [2.45, 2.75) is 58.0 Å². The Morgan fingerprint density at radius 3 is 2.39 bits per heavy atom. The second kappa shape index (κ2) is 6.58. The number of rotatable bonds is 5. The summed E-state index contributed by atoms with van der Waals surface area (Å²) >= 11 is 5.90. The summed E-state index contributed by atoms with van der Waals surface area (Å²) in [7, 11) is 0. The van der Waals surface area contributed by atoms with Crippen molar-refractivity contribution in [2.24, 2.45) is 5.92 Å². The van der Waals surface area contributed by atoms with Gasteiger partial charge in [-0.1, -0.05) is 36.6 Å². The number of hydrogen-bond donors (Lipinski definition) is 1. The molecule has 1 aliphatic carbocycles. The highest BCUT2D eigenvalue weighted by molar-refractivity contribution is 6.30. The lowest BCUT2D eigenvalue weighted by molar-refractivity contribution is 0.348. The molecule has 0 aromatic heterocycles. The fourth-order valence-corrected chi connectivity index (χ4v) is 3.20. The van der Waals surface area contributed by atoms with Crippen LogP contribution in [0.4, 0.5) is 0 Å². The van der Waals surface area contributed by atoms with Crippen LogP contribution in [0.2, 0.25) is 5.02 Å². The number of hydrogen-bond acceptors (Lipinski definition) is 1. The van der Waals surface area contributed by atoms with Crippen molar-refractivity contribution in [2.75, 3.05) is 0 Å². The minimum atomic E-state index is 0.529. The van der Waals surface area contributed by atoms with Gasteiger partial charge in [0.1, 0.15) is 0 Å². The highest BCUT2D eigenvalue weighted by Gasteiger charge is 2.22. The van der Waals surface area contributed by atoms with Crippen LogP contribution in [-0.2, 0) is 6.42 Å². The molecule has 0 saturated heterocycles. The van der Waals surface area contributed by atoms with Crippen LogP contribution in [0, 0.1) is 5.92 Å². The van der Waals surface area contributed by atoms with Gasteiger partial charge in [0, 0.05) is 17.1 Å². The van der Waals surface area contributed by atoms with E-state index in [1.807, 2.05) is 12.1 Å². The summed E-state index contributed by atoms with van der Waals surface area (Å²) in [6.07, 6.45) is 6.72. The molecular weight excluding hydrogens is 242 g/mol. The first-order chi connectivity index (χ1) is 8.65. The van der Waals surface area contributed by atoms with Crippen molar-refractivity contribution in [1.82, 2.24) is 5.32 Å². The second-order valence-corrected chi connectivity index (χ2v) is 6.17. The first-order valence-electron chi connectivity index (χ1n) is 7.15. The lowest BCUT2D eigenvalue weighted by Gasteiger charge is -2.25. The van der Waals surface area contributed by atoms with Gasteiger partial charge in [-0.15, -0.1) is 0 Å². The highest BCUT2D eigenvalue weighted by atomic mass is 35.5. The molecular formula is C16H24ClN. The Bertz CT molecular complexity index is 354. The maximum absolute atomic E-state index is 5.90. The zero-order chi connectivity index (χ0) is 13.0. The van der Waals surface area contributed by atoms with Gasteiger partial charge in [0.25, 0.3) is 0 Å². The SMILES string of the molecule is CC(Cc1ccc(Cl)cc1)N[C@H](C)C1CCCC1. The van der Waals surface area contributed by atoms with Crippen LogP contribution >= 0.6 is 11.6 Å². The van der Waals surface area contributed by atoms with E-state index in [0.717, 1.165) is 17.4 Å². The van der Waals surface area contributed by atoms with Gasteiger partial charge in [0.15, 0.2) is 0 Å². The zero-order valence-electron chi connectivity index (χ0n) is 11.5. The van der Waals surface area contributed by atoms with Gasteiger partial charge in [-0.25, -0.2) is 0 Å². The third-order valence-electron chi connectivity index (χ3n) is 4.11. The average molecular weight is 266 g/mol. The maximum atomic E-state index is 5.90. The lowest BCUT2D eigenvalue weighted by Crippen LogP contribution is -2.39. The van der Waals surface area contributed by atoms with Crippen molar-refractivity contribution in [3.63, 3.8) is 0 Å². The van der Waals surface area contributed by atoms with Crippen molar-refractivity contribution >= 4 is 11.6 Å². The van der Waals surface area contributed by atoms with E-state index in [-0.39, 0.29) is 0 Å². The molecule has 2 heteroatoms. The Morgan fingerprint density at radius 1 is 1.17 bits per heavy atom. The Labute approximate surface area is 116 Å². The van der Waals surface area contributed by atoms with Crippen LogP contribution in [0.5, 0.6) is 0 Å². The van der Waals surface area contributed by atoms with Crippen molar-refractivity contribution < 1.29 is 0 Å². The Balaban J connectivity index is 1.80. The van der Waals surface area contributed by atoms with E-state index in [9.17, 15) is 0 Å². The third kappa shape index (κ3) is 4.00. The summed E-state index contributed by atoms with van der Waals surface area (Å²) in [5.74, 6) is 0.887. The van der Waals surface area contributed by atoms with Crippen molar-refractivity contribution in [1.29, 1.82) is 0 Å². The summed E-state index contributed by atoms with van der Waals surface area (Å²) in [5.41, 5.74) is 1.36. The topological polar surface area (TPSA) is 12.0 Å². The Hall–Kier alpha value is -0.530. The van der Waals surface area contributed by atoms with Crippen LogP contribution in [-0.4, -0.2) is 12.1 Å². The summed E-state index contributed by atoms with van der Waals surface area (Å²) in [6, 6.07) is 9.38. The van der Waals surface area contributed by atoms with E-state index in [1.165, 1.54) is 31.2 Å². The Kier molecular flexibility index (Phi) is 5.08. The van der Waals surface area contributed by atoms with Crippen LogP contribution < -0.4 is 5.32 Å². The van der Waals surface area contributed by atoms with Crippen molar-refractivity contribution in [3.8, 4) is 0 Å². The molecule has 0 spiro atoms. The molecule has 1 nitrogen and oxygen atoms in total. The predicted molar refractivity (Wildman–Crippen MR) is 79.2 cm³/mol. The zero-order valence-corrected chi connectivity index (χ0v) is 12.2. The monoisotopic (exact) mass is 265 g/mol. The highest BCUT2D eigenvalue weighted by Crippen LogP contribution is 2.27. The van der Waals surface area contributed by atoms with Gasteiger partial charge in [-0.2, -0.15) is 0 Å². The number of benzene rings is 1. The fourth-order valence-electron chi connectivity index (χ4n) is 3.08. The van der Waals surface area contributed by atoms with Crippen LogP contribution in [0.15, 0.2) is 24.3 Å². The molecule has 0 aliphatic heterocycles. The molecule has 2 rings (SSSR count). The minimum Gasteiger partial charge on any atom is -0.311 e. The first-order valence-corrected chi connectivity index (χ1v) is 7.53. The smallest absolute Gasteiger partial charge is 0.0406 e. The van der Waals surface area contributed by atoms with Crippen LogP contribution in [0.1, 0.15) is 45.1 Å². The first kappa shape index (κ1) is 13.9. The van der Waals surface area contributed by atoms with E-state index >= 15 is 0 Å². The normalized spacial score (nSPS) is 19.9. The molecule has 1 fully saturated rings. The molecule has 0 amide bonds. The number of halogens is 1. The molecule has 1 aromatic carbocycles. The predicted octanol–water partition coefficient (Wildman–Crippen LogP) is 4.44. The fraction of sp³-hybridized carbons (Fsp3) is 0.625. The van der Waals surface area contributed by atoms with Gasteiger partial charge in [-0.05, 0) is 56.7 Å². The quantitative estimate of drug-likeness (QED) is 0.830. The molecule has 1 N–H and O–H groups in total. The second-order valence-electron chi connectivity index (χ2n) is 5.73. The van der Waals surface area contributed by atoms with Crippen LogP contribution in [0.3, 0.4) is 0 Å². The van der Waals surface area contributed by atoms with Gasteiger partial charge >= 0.3 is 0 Å². The number of nitrogens with one attached hydrogen (secondary N) is 1. The maximum Gasteiger partial charge on any atom is 0.0406 e. The molecule has 100 valence electrons. The summed E-state index contributed by atoms with van der Waals surface area (Å²) < 4.78 is 0. The molecule has 1 saturated carbocycles. The average Bonchev–Trinajstić information content (AvgIpc) is 2.85. The third-order valence-corrected chi connectivity index (χ3v) is 4.36. The van der Waals surface area contributed by atoms with E-state index < -0.39 is 0 Å². The van der Waals surface area contributed by atoms with E-state index in [1.54, 1.807) is 0 Å². The molecule has 0 radical (unpaired) electrons. The molecule has 0 bridgehead atoms. The minimum absolute atomic E-state index is 0.529. The summed E-state index contributed by atoms with van der Waals surface area (Å²) in [5, 5.41) is 4.57. The van der Waals surface area contributed by atoms with Gasteiger partial charge in [-0.3, -0.25) is 0 Å². The molecule has 1 aromatic rings. The molecule has 0 heterocycles. The molecule has 1 aliphatic rings. The molecule has 1 unspecified atom stereocenters. The van der Waals surface area contributed by atoms with Crippen LogP contribution in [0.25, 0.3) is 0 Å². The van der Waals surface area contributed by atoms with Gasteiger partial charge in [0.2, 0.25) is 0 Å². The van der Waals surface area contributed by atoms with Gasteiger partial charge < -0.3 is 5.32 Å². The van der Waals surface area contributed by atoms with Gasteiger partial charge in [0.05, 0.1) is 0 Å². The summed E-state index contributed by atoms with van der Waals surface area (Å²) in [6.45, 7) is 4.62. The largest absolute Gasteiger partial charge is 0.311 e. The van der Waals surface area contributed by atoms with Crippen molar-refractivity contribution in [3.05, 3.63) is 34.9 Å². The van der Waals surface area contributed by atoms with E-state index in [2.05, 4.69) is 31.3 Å². The lowest BCUT2D eigenvalue weighted by atomic mass is 9.98. The molecule has 18 heavy (non-hydrogen) atoms. The summed E-state index contributed by atoms with van der Waals surface area (Å²) in [4.78, 5) is 0. The molecule has 2 atom stereocenters. The van der Waals surface area contributed by atoms with E-state index in [4.69, 9.17) is 11.6 Å². The standard InChI is InChI=1S/C16H24ClN/c1-12(11-14-7-9-16(17)10-8-14)18-13(2)15-5-3-4-6-15/h7-10,12-13,15,18H,3-6,11H2,1-2H3/t12?,13-/m1/s1. The Morgan fingerprint density at radius 2 is 1.78 bits per heavy atom. The van der Waals surface area contributed by atoms with E-state index in [0.29, 0.717) is 12.1 Å².